The minimum Gasteiger partial charge on any atom is -0.479 e. The number of sulfonamides is 1. The van der Waals surface area contributed by atoms with Gasteiger partial charge in [0.1, 0.15) is 5.82 Å². The summed E-state index contributed by atoms with van der Waals surface area (Å²) < 4.78 is 22.9. The molecule has 0 bridgehead atoms. The Morgan fingerprint density at radius 1 is 1.69 bits per heavy atom. The predicted octanol–water partition coefficient (Wildman–Crippen LogP) is -0.733. The van der Waals surface area contributed by atoms with Gasteiger partial charge in [-0.05, 0) is 0 Å². The number of H-pyrrole nitrogens is 1. The van der Waals surface area contributed by atoms with Gasteiger partial charge in [-0.15, -0.1) is 0 Å². The Kier molecular flexibility index (Phi) is 3.99. The number of carboxylic acids is 1. The fourth-order valence-corrected chi connectivity index (χ4v) is 1.62. The maximum Gasteiger partial charge on any atom is 0.331 e. The van der Waals surface area contributed by atoms with Gasteiger partial charge in [0.2, 0.25) is 0 Å². The third-order valence-electron chi connectivity index (χ3n) is 1.59. The minimum atomic E-state index is -3.90. The van der Waals surface area contributed by atoms with Gasteiger partial charge in [0.15, 0.2) is 11.6 Å². The Bertz CT molecular complexity index is 466. The fourth-order valence-electron chi connectivity index (χ4n) is 0.873. The Balaban J connectivity index is 2.66. The van der Waals surface area contributed by atoms with E-state index in [1.807, 2.05) is 6.92 Å². The zero-order valence-corrected chi connectivity index (χ0v) is 9.24. The van der Waals surface area contributed by atoms with Crippen LogP contribution in [0.2, 0.25) is 0 Å². The minimum absolute atomic E-state index is 0.172. The lowest BCUT2D eigenvalue weighted by Gasteiger charge is -2.02. The first-order valence-corrected chi connectivity index (χ1v) is 5.83. The summed E-state index contributed by atoms with van der Waals surface area (Å²) in [7, 11) is -3.90. The lowest BCUT2D eigenvalue weighted by molar-refractivity contribution is -0.143. The van der Waals surface area contributed by atoms with E-state index in [4.69, 9.17) is 5.11 Å². The second kappa shape index (κ2) is 5.05. The van der Waals surface area contributed by atoms with E-state index < -0.39 is 22.6 Å². The molecular weight excluding hydrogens is 238 g/mol. The molecule has 0 radical (unpaired) electrons. The van der Waals surface area contributed by atoms with Crippen LogP contribution in [0.1, 0.15) is 12.7 Å². The largest absolute Gasteiger partial charge is 0.479 e. The van der Waals surface area contributed by atoms with Crippen molar-refractivity contribution in [2.75, 3.05) is 6.61 Å². The van der Waals surface area contributed by atoms with Crippen LogP contribution in [0.4, 0.5) is 0 Å². The van der Waals surface area contributed by atoms with Gasteiger partial charge < -0.3 is 10.1 Å². The molecule has 1 heterocycles. The van der Waals surface area contributed by atoms with Crippen LogP contribution >= 0.6 is 0 Å². The highest BCUT2D eigenvalue weighted by atomic mass is 32.2. The van der Waals surface area contributed by atoms with E-state index >= 15 is 0 Å². The molecule has 0 unspecified atom stereocenters. The van der Waals surface area contributed by atoms with Crippen molar-refractivity contribution < 1.29 is 23.2 Å². The number of nitrogens with one attached hydrogen (secondary N) is 2. The van der Waals surface area contributed by atoms with Crippen molar-refractivity contribution in [1.82, 2.24) is 14.9 Å². The number of imidazole rings is 1. The average molecular weight is 249 g/mol. The molecule has 0 aliphatic carbocycles. The molecule has 0 aliphatic rings. The van der Waals surface area contributed by atoms with E-state index in [1.54, 1.807) is 4.89 Å². The monoisotopic (exact) mass is 249 g/mol. The van der Waals surface area contributed by atoms with Crippen LogP contribution < -0.4 is 4.89 Å². The third kappa shape index (κ3) is 3.29. The molecule has 0 aromatic carbocycles. The molecule has 90 valence electrons. The Morgan fingerprint density at radius 2 is 2.38 bits per heavy atom. The summed E-state index contributed by atoms with van der Waals surface area (Å²) in [5, 5.41) is 8.07. The summed E-state index contributed by atoms with van der Waals surface area (Å²) in [4.78, 5) is 22.4. The quantitative estimate of drug-likeness (QED) is 0.571. The van der Waals surface area contributed by atoms with Gasteiger partial charge in [0.25, 0.3) is 10.0 Å². The summed E-state index contributed by atoms with van der Waals surface area (Å²) in [6, 6.07) is 0. The predicted molar refractivity (Wildman–Crippen MR) is 51.9 cm³/mol. The second-order valence-corrected chi connectivity index (χ2v) is 4.43. The number of aromatic amines is 1. The van der Waals surface area contributed by atoms with Gasteiger partial charge in [-0.2, -0.15) is 0 Å². The molecule has 1 aromatic heterocycles. The SMILES string of the molecule is CCc1ncc(S(=O)(=O)NOCC(=O)O)[nH]1. The molecule has 0 fully saturated rings. The molecule has 16 heavy (non-hydrogen) atoms. The molecule has 0 saturated carbocycles. The normalized spacial score (nSPS) is 11.6. The number of hydrogen-bond donors (Lipinski definition) is 3. The van der Waals surface area contributed by atoms with Crippen molar-refractivity contribution in [2.24, 2.45) is 0 Å². The van der Waals surface area contributed by atoms with Crippen LogP contribution in [0.15, 0.2) is 11.2 Å². The van der Waals surface area contributed by atoms with Crippen molar-refractivity contribution in [3.63, 3.8) is 0 Å². The third-order valence-corrected chi connectivity index (χ3v) is 2.72. The number of carbonyl (C=O) groups is 1. The first-order valence-electron chi connectivity index (χ1n) is 4.35. The molecule has 1 aromatic rings. The molecule has 0 atom stereocenters. The Morgan fingerprint density at radius 3 is 2.88 bits per heavy atom. The molecule has 1 rings (SSSR count). The van der Waals surface area contributed by atoms with Crippen LogP contribution in [0, 0.1) is 0 Å². The van der Waals surface area contributed by atoms with Crippen molar-refractivity contribution in [1.29, 1.82) is 0 Å². The lowest BCUT2D eigenvalue weighted by atomic mass is 10.5. The number of carboxylic acid groups (broad SMARTS) is 1. The van der Waals surface area contributed by atoms with Gasteiger partial charge in [0, 0.05) is 6.42 Å². The van der Waals surface area contributed by atoms with E-state index in [1.165, 1.54) is 0 Å². The van der Waals surface area contributed by atoms with Gasteiger partial charge in [-0.1, -0.05) is 11.8 Å². The van der Waals surface area contributed by atoms with Crippen LogP contribution in [-0.4, -0.2) is 36.1 Å². The molecule has 0 aliphatic heterocycles. The number of aromatic nitrogens is 2. The number of aliphatic carboxylic acids is 1. The maximum atomic E-state index is 11.4. The molecule has 9 heteroatoms. The van der Waals surface area contributed by atoms with E-state index in [-0.39, 0.29) is 5.03 Å². The van der Waals surface area contributed by atoms with Crippen molar-refractivity contribution in [2.45, 2.75) is 18.4 Å². The summed E-state index contributed by atoms with van der Waals surface area (Å²) in [5.74, 6) is -0.764. The van der Waals surface area contributed by atoms with Crippen LogP contribution in [0.5, 0.6) is 0 Å². The van der Waals surface area contributed by atoms with Gasteiger partial charge >= 0.3 is 5.97 Å². The number of nitrogens with zero attached hydrogens (tertiary/aromatic N) is 1. The molecule has 3 N–H and O–H groups in total. The number of rotatable bonds is 6. The molecular formula is C7H11N3O5S. The summed E-state index contributed by atoms with van der Waals surface area (Å²) >= 11 is 0. The van der Waals surface area contributed by atoms with Gasteiger partial charge in [-0.3, -0.25) is 4.84 Å². The first kappa shape index (κ1) is 12.6. The smallest absolute Gasteiger partial charge is 0.331 e. The molecule has 0 spiro atoms. The van der Waals surface area contributed by atoms with Gasteiger partial charge in [-0.25, -0.2) is 18.2 Å². The van der Waals surface area contributed by atoms with E-state index in [0.717, 1.165) is 6.20 Å². The standard InChI is InChI=1S/C7H11N3O5S/c1-2-5-8-3-6(9-5)16(13,14)10-15-4-7(11)12/h3,10H,2,4H2,1H3,(H,8,9)(H,11,12). The summed E-state index contributed by atoms with van der Waals surface area (Å²) in [5.41, 5.74) is 0. The number of aryl methyl sites for hydroxylation is 1. The second-order valence-electron chi connectivity index (χ2n) is 2.82. The zero-order chi connectivity index (χ0) is 12.2. The average Bonchev–Trinajstić information content (AvgIpc) is 2.65. The maximum absolute atomic E-state index is 11.4. The Hall–Kier alpha value is -1.45. The Labute approximate surface area is 91.7 Å². The molecule has 0 amide bonds. The first-order chi connectivity index (χ1) is 7.45. The van der Waals surface area contributed by atoms with E-state index in [9.17, 15) is 13.2 Å². The molecule has 0 saturated heterocycles. The van der Waals surface area contributed by atoms with Crippen molar-refractivity contribution in [3.05, 3.63) is 12.0 Å². The number of hydrogen-bond acceptors (Lipinski definition) is 5. The van der Waals surface area contributed by atoms with E-state index in [2.05, 4.69) is 14.8 Å². The highest BCUT2D eigenvalue weighted by molar-refractivity contribution is 7.89. The summed E-state index contributed by atoms with van der Waals surface area (Å²) in [6.45, 7) is 1.05. The van der Waals surface area contributed by atoms with Crippen LogP contribution in [-0.2, 0) is 26.1 Å². The highest BCUT2D eigenvalue weighted by Crippen LogP contribution is 2.05. The lowest BCUT2D eigenvalue weighted by Crippen LogP contribution is -2.27. The zero-order valence-electron chi connectivity index (χ0n) is 8.43. The molecule has 8 nitrogen and oxygen atoms in total. The van der Waals surface area contributed by atoms with Crippen LogP contribution in [0.25, 0.3) is 0 Å². The van der Waals surface area contributed by atoms with Gasteiger partial charge in [0.05, 0.1) is 6.20 Å². The van der Waals surface area contributed by atoms with E-state index in [0.29, 0.717) is 12.2 Å². The summed E-state index contributed by atoms with van der Waals surface area (Å²) in [6.07, 6.45) is 1.69. The van der Waals surface area contributed by atoms with Crippen molar-refractivity contribution >= 4 is 16.0 Å². The van der Waals surface area contributed by atoms with Crippen LogP contribution in [0.3, 0.4) is 0 Å². The fraction of sp³-hybridized carbons (Fsp3) is 0.429. The van der Waals surface area contributed by atoms with Crippen molar-refractivity contribution in [3.8, 4) is 0 Å². The topological polar surface area (TPSA) is 121 Å². The highest BCUT2D eigenvalue weighted by Gasteiger charge is 2.17.